The Morgan fingerprint density at radius 2 is 2.00 bits per heavy atom. The van der Waals surface area contributed by atoms with Gasteiger partial charge in [0.1, 0.15) is 5.54 Å². The average Bonchev–Trinajstić information content (AvgIpc) is 2.17. The minimum Gasteiger partial charge on any atom is -0.378 e. The highest BCUT2D eigenvalue weighted by Crippen LogP contribution is 2.13. The van der Waals surface area contributed by atoms with Crippen molar-refractivity contribution in [1.82, 2.24) is 5.32 Å². The van der Waals surface area contributed by atoms with E-state index < -0.39 is 5.54 Å². The minimum atomic E-state index is -0.475. The maximum atomic E-state index is 8.98. The van der Waals surface area contributed by atoms with E-state index in [1.807, 2.05) is 20.9 Å². The van der Waals surface area contributed by atoms with Crippen molar-refractivity contribution in [2.75, 3.05) is 13.7 Å². The molecule has 15 heavy (non-hydrogen) atoms. The largest absolute Gasteiger partial charge is 0.378 e. The van der Waals surface area contributed by atoms with Crippen molar-refractivity contribution in [3.63, 3.8) is 0 Å². The van der Waals surface area contributed by atoms with E-state index in [9.17, 15) is 0 Å². The van der Waals surface area contributed by atoms with Crippen LogP contribution in [0.2, 0.25) is 0 Å². The Labute approximate surface area is 93.8 Å². The Morgan fingerprint density at radius 1 is 1.40 bits per heavy atom. The molecule has 0 bridgehead atoms. The first-order valence-corrected chi connectivity index (χ1v) is 5.65. The summed E-state index contributed by atoms with van der Waals surface area (Å²) in [5.41, 5.74) is -0.475. The van der Waals surface area contributed by atoms with Crippen LogP contribution in [-0.2, 0) is 4.74 Å². The number of rotatable bonds is 7. The number of hydrogen-bond acceptors (Lipinski definition) is 3. The molecule has 2 unspecified atom stereocenters. The molecule has 0 aliphatic rings. The Morgan fingerprint density at radius 3 is 2.40 bits per heavy atom. The first-order chi connectivity index (χ1) is 6.93. The molecule has 0 spiro atoms. The molecular formula is C12H24N2O. The summed E-state index contributed by atoms with van der Waals surface area (Å²) in [5, 5.41) is 12.0. The van der Waals surface area contributed by atoms with Gasteiger partial charge in [-0.2, -0.15) is 5.26 Å². The molecule has 0 radical (unpaired) electrons. The van der Waals surface area contributed by atoms with Gasteiger partial charge in [0.15, 0.2) is 0 Å². The van der Waals surface area contributed by atoms with Crippen LogP contribution in [0.5, 0.6) is 0 Å². The molecule has 0 aliphatic carbocycles. The fourth-order valence-electron chi connectivity index (χ4n) is 1.34. The van der Waals surface area contributed by atoms with E-state index in [0.717, 1.165) is 19.4 Å². The maximum Gasteiger partial charge on any atom is 0.106 e. The van der Waals surface area contributed by atoms with E-state index in [1.165, 1.54) is 0 Å². The van der Waals surface area contributed by atoms with Gasteiger partial charge >= 0.3 is 0 Å². The normalized spacial score (nSPS) is 17.1. The van der Waals surface area contributed by atoms with Crippen LogP contribution in [0.15, 0.2) is 0 Å². The standard InChI is InChI=1S/C12H24N2O/c1-10(2)6-7-15-11(3)8-12(4,9-13)14-5/h10-11,14H,6-8H2,1-5H3. The second kappa shape index (κ2) is 6.81. The molecule has 0 rings (SSSR count). The third-order valence-electron chi connectivity index (χ3n) is 2.59. The van der Waals surface area contributed by atoms with E-state index in [1.54, 1.807) is 0 Å². The summed E-state index contributed by atoms with van der Waals surface area (Å²) < 4.78 is 5.66. The Hall–Kier alpha value is -0.590. The summed E-state index contributed by atoms with van der Waals surface area (Å²) in [6.07, 6.45) is 1.92. The van der Waals surface area contributed by atoms with Gasteiger partial charge < -0.3 is 10.1 Å². The SMILES string of the molecule is CNC(C)(C#N)CC(C)OCCC(C)C. The van der Waals surface area contributed by atoms with Crippen LogP contribution in [0, 0.1) is 17.2 Å². The van der Waals surface area contributed by atoms with Crippen molar-refractivity contribution < 1.29 is 4.74 Å². The van der Waals surface area contributed by atoms with Gasteiger partial charge in [-0.15, -0.1) is 0 Å². The lowest BCUT2D eigenvalue weighted by Gasteiger charge is -2.25. The summed E-state index contributed by atoms with van der Waals surface area (Å²) in [6, 6.07) is 2.27. The topological polar surface area (TPSA) is 45.0 Å². The number of nitrogens with zero attached hydrogens (tertiary/aromatic N) is 1. The zero-order valence-electron chi connectivity index (χ0n) is 10.6. The van der Waals surface area contributed by atoms with Crippen LogP contribution in [0.4, 0.5) is 0 Å². The zero-order valence-corrected chi connectivity index (χ0v) is 10.6. The molecule has 88 valence electrons. The predicted molar refractivity (Wildman–Crippen MR) is 62.6 cm³/mol. The zero-order chi connectivity index (χ0) is 11.9. The van der Waals surface area contributed by atoms with Crippen LogP contribution in [0.3, 0.4) is 0 Å². The molecule has 0 amide bonds. The van der Waals surface area contributed by atoms with Gasteiger partial charge in [0.25, 0.3) is 0 Å². The molecule has 1 N–H and O–H groups in total. The van der Waals surface area contributed by atoms with E-state index >= 15 is 0 Å². The maximum absolute atomic E-state index is 8.98. The fraction of sp³-hybridized carbons (Fsp3) is 0.917. The number of hydrogen-bond donors (Lipinski definition) is 1. The second-order valence-corrected chi connectivity index (χ2v) is 4.76. The number of nitrogens with one attached hydrogen (secondary N) is 1. The number of ether oxygens (including phenoxy) is 1. The summed E-state index contributed by atoms with van der Waals surface area (Å²) in [6.45, 7) is 9.06. The molecule has 0 aliphatic heterocycles. The quantitative estimate of drug-likeness (QED) is 0.704. The van der Waals surface area contributed by atoms with Gasteiger partial charge in [-0.05, 0) is 33.2 Å². The lowest BCUT2D eigenvalue weighted by atomic mass is 9.97. The molecule has 3 heteroatoms. The van der Waals surface area contributed by atoms with E-state index in [0.29, 0.717) is 5.92 Å². The Balaban J connectivity index is 3.83. The molecule has 0 fully saturated rings. The van der Waals surface area contributed by atoms with Crippen molar-refractivity contribution in [2.45, 2.75) is 52.2 Å². The molecule has 0 aromatic heterocycles. The summed E-state index contributed by atoms with van der Waals surface area (Å²) >= 11 is 0. The Bertz CT molecular complexity index is 210. The highest BCUT2D eigenvalue weighted by molar-refractivity contribution is 5.03. The first-order valence-electron chi connectivity index (χ1n) is 5.65. The highest BCUT2D eigenvalue weighted by atomic mass is 16.5. The van der Waals surface area contributed by atoms with Gasteiger partial charge in [0.2, 0.25) is 0 Å². The van der Waals surface area contributed by atoms with Crippen molar-refractivity contribution in [3.8, 4) is 6.07 Å². The van der Waals surface area contributed by atoms with Crippen LogP contribution in [0.1, 0.15) is 40.5 Å². The fourth-order valence-corrected chi connectivity index (χ4v) is 1.34. The van der Waals surface area contributed by atoms with Gasteiger partial charge in [0, 0.05) is 13.0 Å². The second-order valence-electron chi connectivity index (χ2n) is 4.76. The van der Waals surface area contributed by atoms with Gasteiger partial charge in [-0.3, -0.25) is 0 Å². The minimum absolute atomic E-state index is 0.126. The lowest BCUT2D eigenvalue weighted by molar-refractivity contribution is 0.0422. The molecule has 0 saturated carbocycles. The molecule has 0 aromatic rings. The summed E-state index contributed by atoms with van der Waals surface area (Å²) in [4.78, 5) is 0. The van der Waals surface area contributed by atoms with Crippen LogP contribution >= 0.6 is 0 Å². The molecule has 2 atom stereocenters. The summed E-state index contributed by atoms with van der Waals surface area (Å²) in [7, 11) is 1.81. The smallest absolute Gasteiger partial charge is 0.106 e. The van der Waals surface area contributed by atoms with Gasteiger partial charge in [0.05, 0.1) is 12.2 Å². The van der Waals surface area contributed by atoms with Crippen molar-refractivity contribution in [3.05, 3.63) is 0 Å². The van der Waals surface area contributed by atoms with Crippen LogP contribution in [0.25, 0.3) is 0 Å². The van der Waals surface area contributed by atoms with Gasteiger partial charge in [-0.25, -0.2) is 0 Å². The molecule has 0 heterocycles. The van der Waals surface area contributed by atoms with E-state index in [4.69, 9.17) is 10.00 Å². The van der Waals surface area contributed by atoms with Gasteiger partial charge in [-0.1, -0.05) is 13.8 Å². The first kappa shape index (κ1) is 14.4. The number of nitriles is 1. The van der Waals surface area contributed by atoms with E-state index in [-0.39, 0.29) is 6.10 Å². The third kappa shape index (κ3) is 6.48. The third-order valence-corrected chi connectivity index (χ3v) is 2.59. The van der Waals surface area contributed by atoms with Crippen molar-refractivity contribution in [1.29, 1.82) is 5.26 Å². The van der Waals surface area contributed by atoms with Crippen LogP contribution < -0.4 is 5.32 Å². The Kier molecular flexibility index (Phi) is 6.55. The van der Waals surface area contributed by atoms with E-state index in [2.05, 4.69) is 25.2 Å². The summed E-state index contributed by atoms with van der Waals surface area (Å²) in [5.74, 6) is 0.670. The lowest BCUT2D eigenvalue weighted by Crippen LogP contribution is -2.41. The average molecular weight is 212 g/mol. The highest BCUT2D eigenvalue weighted by Gasteiger charge is 2.24. The predicted octanol–water partition coefficient (Wildman–Crippen LogP) is 2.33. The van der Waals surface area contributed by atoms with Crippen molar-refractivity contribution >= 4 is 0 Å². The van der Waals surface area contributed by atoms with Crippen LogP contribution in [-0.4, -0.2) is 25.3 Å². The molecular weight excluding hydrogens is 188 g/mol. The molecule has 0 saturated heterocycles. The molecule has 3 nitrogen and oxygen atoms in total. The van der Waals surface area contributed by atoms with Crippen molar-refractivity contribution in [2.24, 2.45) is 5.92 Å². The monoisotopic (exact) mass is 212 g/mol. The molecule has 0 aromatic carbocycles.